The Labute approximate surface area is 89.9 Å². The fraction of sp³-hybridized carbons (Fsp3) is 0.909. The fourth-order valence-corrected chi connectivity index (χ4v) is 2.52. The van der Waals surface area contributed by atoms with Crippen LogP contribution in [0.4, 0.5) is 4.79 Å². The van der Waals surface area contributed by atoms with Gasteiger partial charge in [0.2, 0.25) is 0 Å². The van der Waals surface area contributed by atoms with E-state index >= 15 is 0 Å². The number of ether oxygens (including phenoxy) is 3. The highest BCUT2D eigenvalue weighted by Gasteiger charge is 2.74. The van der Waals surface area contributed by atoms with Gasteiger partial charge in [-0.2, -0.15) is 0 Å². The molecule has 0 saturated carbocycles. The molecule has 2 aliphatic rings. The van der Waals surface area contributed by atoms with E-state index in [1.165, 1.54) is 0 Å². The van der Waals surface area contributed by atoms with Gasteiger partial charge in [0.25, 0.3) is 5.79 Å². The van der Waals surface area contributed by atoms with Crippen molar-refractivity contribution in [2.24, 2.45) is 11.8 Å². The van der Waals surface area contributed by atoms with Gasteiger partial charge in [-0.15, -0.1) is 0 Å². The number of rotatable bonds is 1. The zero-order valence-electron chi connectivity index (χ0n) is 9.87. The molecule has 2 aliphatic heterocycles. The van der Waals surface area contributed by atoms with Crippen LogP contribution >= 0.6 is 0 Å². The normalized spacial score (nSPS) is 42.7. The van der Waals surface area contributed by atoms with E-state index < -0.39 is 11.9 Å². The van der Waals surface area contributed by atoms with Crippen molar-refractivity contribution in [2.45, 2.75) is 52.1 Å². The fourth-order valence-electron chi connectivity index (χ4n) is 2.52. The molecule has 0 aromatic heterocycles. The van der Waals surface area contributed by atoms with Crippen LogP contribution in [0.15, 0.2) is 0 Å². The molecule has 0 aromatic carbocycles. The van der Waals surface area contributed by atoms with Gasteiger partial charge in [-0.05, 0) is 19.8 Å². The minimum absolute atomic E-state index is 0.0604. The molecule has 2 heterocycles. The second-order valence-corrected chi connectivity index (χ2v) is 5.25. The molecule has 2 saturated heterocycles. The van der Waals surface area contributed by atoms with Crippen molar-refractivity contribution in [1.82, 2.24) is 0 Å². The number of carbonyl (C=O) groups is 1. The Kier molecular flexibility index (Phi) is 2.06. The van der Waals surface area contributed by atoms with E-state index in [1.807, 2.05) is 34.6 Å². The van der Waals surface area contributed by atoms with Crippen LogP contribution in [0.5, 0.6) is 0 Å². The third kappa shape index (κ3) is 1.34. The molecule has 0 aromatic rings. The SMILES string of the molecule is CC(C)[C@@H]1OC(=O)O[C@@]2(OC2(C)C)[C@@H]1C. The van der Waals surface area contributed by atoms with Gasteiger partial charge < -0.3 is 14.2 Å². The number of cyclic esters (lactones) is 1. The highest BCUT2D eigenvalue weighted by atomic mass is 16.9. The highest BCUT2D eigenvalue weighted by molar-refractivity contribution is 5.62. The lowest BCUT2D eigenvalue weighted by atomic mass is 9.84. The van der Waals surface area contributed by atoms with Crippen molar-refractivity contribution >= 4 is 6.16 Å². The van der Waals surface area contributed by atoms with E-state index in [1.54, 1.807) is 0 Å². The molecule has 3 atom stereocenters. The Hall–Kier alpha value is -0.770. The second kappa shape index (κ2) is 2.88. The maximum absolute atomic E-state index is 11.3. The topological polar surface area (TPSA) is 48.1 Å². The van der Waals surface area contributed by atoms with Crippen molar-refractivity contribution in [3.05, 3.63) is 0 Å². The van der Waals surface area contributed by atoms with E-state index in [9.17, 15) is 4.79 Å². The van der Waals surface area contributed by atoms with Crippen molar-refractivity contribution in [3.8, 4) is 0 Å². The molecular formula is C11H18O4. The summed E-state index contributed by atoms with van der Waals surface area (Å²) in [5.74, 6) is -0.438. The quantitative estimate of drug-likeness (QED) is 0.496. The zero-order valence-corrected chi connectivity index (χ0v) is 9.87. The number of hydrogen-bond donors (Lipinski definition) is 0. The van der Waals surface area contributed by atoms with E-state index in [-0.39, 0.29) is 23.5 Å². The Morgan fingerprint density at radius 3 is 2.27 bits per heavy atom. The van der Waals surface area contributed by atoms with Crippen LogP contribution in [0.3, 0.4) is 0 Å². The zero-order chi connectivity index (χ0) is 11.4. The molecule has 2 rings (SSSR count). The first-order chi connectivity index (χ1) is 6.80. The number of epoxide rings is 1. The van der Waals surface area contributed by atoms with Crippen molar-refractivity contribution in [3.63, 3.8) is 0 Å². The van der Waals surface area contributed by atoms with Crippen LogP contribution in [0.2, 0.25) is 0 Å². The van der Waals surface area contributed by atoms with E-state index in [0.717, 1.165) is 0 Å². The molecule has 1 spiro atoms. The van der Waals surface area contributed by atoms with Crippen LogP contribution in [-0.4, -0.2) is 23.6 Å². The second-order valence-electron chi connectivity index (χ2n) is 5.25. The summed E-state index contributed by atoms with van der Waals surface area (Å²) >= 11 is 0. The molecule has 15 heavy (non-hydrogen) atoms. The summed E-state index contributed by atoms with van der Waals surface area (Å²) in [6.45, 7) is 9.93. The summed E-state index contributed by atoms with van der Waals surface area (Å²) in [7, 11) is 0. The summed E-state index contributed by atoms with van der Waals surface area (Å²) in [5.41, 5.74) is -0.390. The van der Waals surface area contributed by atoms with E-state index in [0.29, 0.717) is 0 Å². The van der Waals surface area contributed by atoms with Crippen LogP contribution in [0.25, 0.3) is 0 Å². The van der Waals surface area contributed by atoms with Gasteiger partial charge in [-0.3, -0.25) is 0 Å². The molecule has 4 nitrogen and oxygen atoms in total. The average Bonchev–Trinajstić information content (AvgIpc) is 2.61. The van der Waals surface area contributed by atoms with Gasteiger partial charge in [0, 0.05) is 0 Å². The van der Waals surface area contributed by atoms with Crippen molar-refractivity contribution in [1.29, 1.82) is 0 Å². The standard InChI is InChI=1S/C11H18O4/c1-6(2)8-7(3)11(10(4,5)15-11)14-9(12)13-8/h6-8H,1-5H3/t7-,8+,11-/m1/s1. The Balaban J connectivity index is 2.24. The monoisotopic (exact) mass is 214 g/mol. The Morgan fingerprint density at radius 2 is 1.87 bits per heavy atom. The third-order valence-electron chi connectivity index (χ3n) is 3.42. The summed E-state index contributed by atoms with van der Waals surface area (Å²) in [6, 6.07) is 0. The summed E-state index contributed by atoms with van der Waals surface area (Å²) < 4.78 is 16.0. The molecule has 0 N–H and O–H groups in total. The summed E-state index contributed by atoms with van der Waals surface area (Å²) in [5, 5.41) is 0. The summed E-state index contributed by atoms with van der Waals surface area (Å²) in [4.78, 5) is 11.3. The van der Waals surface area contributed by atoms with Gasteiger partial charge in [-0.1, -0.05) is 20.8 Å². The van der Waals surface area contributed by atoms with Crippen LogP contribution in [-0.2, 0) is 14.2 Å². The first-order valence-corrected chi connectivity index (χ1v) is 5.40. The lowest BCUT2D eigenvalue weighted by molar-refractivity contribution is -0.159. The molecule has 0 bridgehead atoms. The third-order valence-corrected chi connectivity index (χ3v) is 3.42. The highest BCUT2D eigenvalue weighted by Crippen LogP contribution is 2.57. The van der Waals surface area contributed by atoms with Crippen LogP contribution in [0, 0.1) is 11.8 Å². The first kappa shape index (κ1) is 10.7. The predicted octanol–water partition coefficient (Wildman–Crippen LogP) is 2.32. The maximum Gasteiger partial charge on any atom is 0.511 e. The van der Waals surface area contributed by atoms with Crippen LogP contribution in [0.1, 0.15) is 34.6 Å². The van der Waals surface area contributed by atoms with Gasteiger partial charge in [0.05, 0.1) is 5.92 Å². The van der Waals surface area contributed by atoms with Gasteiger partial charge in [0.15, 0.2) is 0 Å². The van der Waals surface area contributed by atoms with E-state index in [4.69, 9.17) is 14.2 Å². The van der Waals surface area contributed by atoms with Gasteiger partial charge in [0.1, 0.15) is 11.7 Å². The first-order valence-electron chi connectivity index (χ1n) is 5.40. The molecule has 0 amide bonds. The van der Waals surface area contributed by atoms with Crippen molar-refractivity contribution < 1.29 is 19.0 Å². The largest absolute Gasteiger partial charge is 0.511 e. The van der Waals surface area contributed by atoms with Gasteiger partial charge >= 0.3 is 6.16 Å². The summed E-state index contributed by atoms with van der Waals surface area (Å²) in [6.07, 6.45) is -0.745. The number of hydrogen-bond acceptors (Lipinski definition) is 4. The predicted molar refractivity (Wildman–Crippen MR) is 53.3 cm³/mol. The lowest BCUT2D eigenvalue weighted by Crippen LogP contribution is -2.49. The molecule has 86 valence electrons. The van der Waals surface area contributed by atoms with Crippen LogP contribution < -0.4 is 0 Å². The molecule has 4 heteroatoms. The van der Waals surface area contributed by atoms with Crippen molar-refractivity contribution in [2.75, 3.05) is 0 Å². The maximum atomic E-state index is 11.3. The molecule has 2 fully saturated rings. The number of carbonyl (C=O) groups excluding carboxylic acids is 1. The Bertz CT molecular complexity index is 297. The van der Waals surface area contributed by atoms with Gasteiger partial charge in [-0.25, -0.2) is 4.79 Å². The molecular weight excluding hydrogens is 196 g/mol. The average molecular weight is 214 g/mol. The lowest BCUT2D eigenvalue weighted by Gasteiger charge is -2.36. The Morgan fingerprint density at radius 1 is 1.33 bits per heavy atom. The molecule has 0 unspecified atom stereocenters. The minimum atomic E-state index is -0.767. The molecule has 0 aliphatic carbocycles. The van der Waals surface area contributed by atoms with E-state index in [2.05, 4.69) is 0 Å². The smallest absolute Gasteiger partial charge is 0.430 e. The minimum Gasteiger partial charge on any atom is -0.430 e. The molecule has 0 radical (unpaired) electrons.